The standard InChI is InChI=1S/C15H9ClF2N4O/c16-9-4-5-13(22-8-19-7-20-22)12(6-9)21-15(23)14-10(17)2-1-3-11(14)18/h1-8H,(H,21,23). The van der Waals surface area contributed by atoms with Crippen molar-refractivity contribution in [3.8, 4) is 5.69 Å². The minimum atomic E-state index is -0.952. The lowest BCUT2D eigenvalue weighted by molar-refractivity contribution is 0.101. The van der Waals surface area contributed by atoms with Crippen molar-refractivity contribution in [1.82, 2.24) is 14.8 Å². The molecular formula is C15H9ClF2N4O. The Hall–Kier alpha value is -2.80. The Morgan fingerprint density at radius 3 is 2.57 bits per heavy atom. The summed E-state index contributed by atoms with van der Waals surface area (Å²) in [7, 11) is 0. The van der Waals surface area contributed by atoms with Gasteiger partial charge in [0.15, 0.2) is 0 Å². The molecule has 0 aliphatic carbocycles. The van der Waals surface area contributed by atoms with Crippen LogP contribution in [0.3, 0.4) is 0 Å². The zero-order chi connectivity index (χ0) is 16.4. The number of nitrogens with zero attached hydrogens (tertiary/aromatic N) is 3. The van der Waals surface area contributed by atoms with E-state index in [1.807, 2.05) is 0 Å². The van der Waals surface area contributed by atoms with Crippen LogP contribution in [0.25, 0.3) is 5.69 Å². The van der Waals surface area contributed by atoms with Crippen LogP contribution in [0.15, 0.2) is 49.1 Å². The summed E-state index contributed by atoms with van der Waals surface area (Å²) in [5.74, 6) is -2.83. The van der Waals surface area contributed by atoms with Gasteiger partial charge < -0.3 is 5.32 Å². The van der Waals surface area contributed by atoms with Crippen LogP contribution in [0.1, 0.15) is 10.4 Å². The largest absolute Gasteiger partial charge is 0.320 e. The first-order valence-electron chi connectivity index (χ1n) is 6.46. The molecule has 3 rings (SSSR count). The second-order valence-electron chi connectivity index (χ2n) is 4.55. The number of amides is 1. The topological polar surface area (TPSA) is 59.8 Å². The predicted molar refractivity (Wildman–Crippen MR) is 80.7 cm³/mol. The molecule has 0 radical (unpaired) electrons. The van der Waals surface area contributed by atoms with Crippen molar-refractivity contribution in [2.45, 2.75) is 0 Å². The van der Waals surface area contributed by atoms with E-state index in [2.05, 4.69) is 15.4 Å². The number of carbonyl (C=O) groups excluding carboxylic acids is 1. The van der Waals surface area contributed by atoms with Crippen LogP contribution in [0.4, 0.5) is 14.5 Å². The summed E-state index contributed by atoms with van der Waals surface area (Å²) in [4.78, 5) is 16.0. The van der Waals surface area contributed by atoms with Gasteiger partial charge in [0.05, 0.1) is 11.4 Å². The third-order valence-electron chi connectivity index (χ3n) is 3.06. The molecule has 116 valence electrons. The van der Waals surface area contributed by atoms with Crippen molar-refractivity contribution in [2.24, 2.45) is 0 Å². The van der Waals surface area contributed by atoms with Crippen molar-refractivity contribution in [2.75, 3.05) is 5.32 Å². The van der Waals surface area contributed by atoms with Gasteiger partial charge >= 0.3 is 0 Å². The van der Waals surface area contributed by atoms with Crippen LogP contribution < -0.4 is 5.32 Å². The maximum absolute atomic E-state index is 13.7. The van der Waals surface area contributed by atoms with Gasteiger partial charge in [0.25, 0.3) is 5.91 Å². The van der Waals surface area contributed by atoms with Crippen LogP contribution in [-0.4, -0.2) is 20.7 Å². The molecule has 3 aromatic rings. The van der Waals surface area contributed by atoms with E-state index in [9.17, 15) is 13.6 Å². The minimum absolute atomic E-state index is 0.246. The normalized spacial score (nSPS) is 10.6. The Balaban J connectivity index is 2.00. The Morgan fingerprint density at radius 2 is 1.91 bits per heavy atom. The minimum Gasteiger partial charge on any atom is -0.320 e. The van der Waals surface area contributed by atoms with Crippen LogP contribution in [0.5, 0.6) is 0 Å². The molecule has 0 unspecified atom stereocenters. The van der Waals surface area contributed by atoms with Crippen molar-refractivity contribution < 1.29 is 13.6 Å². The highest BCUT2D eigenvalue weighted by molar-refractivity contribution is 6.31. The molecule has 1 amide bonds. The molecule has 0 spiro atoms. The second kappa shape index (κ2) is 6.13. The van der Waals surface area contributed by atoms with E-state index in [0.717, 1.165) is 12.1 Å². The number of hydrogen-bond acceptors (Lipinski definition) is 3. The molecule has 0 saturated carbocycles. The highest BCUT2D eigenvalue weighted by Gasteiger charge is 2.19. The molecule has 1 N–H and O–H groups in total. The van der Waals surface area contributed by atoms with Gasteiger partial charge in [0.1, 0.15) is 29.9 Å². The summed E-state index contributed by atoms with van der Waals surface area (Å²) in [5, 5.41) is 6.75. The van der Waals surface area contributed by atoms with Gasteiger partial charge in [-0.15, -0.1) is 0 Å². The molecule has 0 atom stereocenters. The van der Waals surface area contributed by atoms with E-state index < -0.39 is 23.1 Å². The first-order chi connectivity index (χ1) is 11.1. The summed E-state index contributed by atoms with van der Waals surface area (Å²) in [5.41, 5.74) is 0.0321. The number of halogens is 3. The van der Waals surface area contributed by atoms with Crippen LogP contribution in [0, 0.1) is 11.6 Å². The number of aromatic nitrogens is 3. The SMILES string of the molecule is O=C(Nc1cc(Cl)ccc1-n1cncn1)c1c(F)cccc1F. The summed E-state index contributed by atoms with van der Waals surface area (Å²) in [6.45, 7) is 0. The maximum Gasteiger partial charge on any atom is 0.261 e. The zero-order valence-corrected chi connectivity index (χ0v) is 12.3. The zero-order valence-electron chi connectivity index (χ0n) is 11.5. The molecule has 2 aromatic carbocycles. The number of nitrogens with one attached hydrogen (secondary N) is 1. The van der Waals surface area contributed by atoms with Gasteiger partial charge in [-0.3, -0.25) is 4.79 Å². The fraction of sp³-hybridized carbons (Fsp3) is 0. The number of hydrogen-bond donors (Lipinski definition) is 1. The molecule has 0 aliphatic rings. The Kier molecular flexibility index (Phi) is 4.03. The summed E-state index contributed by atoms with van der Waals surface area (Å²) in [6, 6.07) is 7.85. The number of anilines is 1. The highest BCUT2D eigenvalue weighted by atomic mass is 35.5. The van der Waals surface area contributed by atoms with E-state index in [-0.39, 0.29) is 5.69 Å². The lowest BCUT2D eigenvalue weighted by atomic mass is 10.1. The monoisotopic (exact) mass is 334 g/mol. The lowest BCUT2D eigenvalue weighted by Gasteiger charge is -2.12. The first kappa shape index (κ1) is 15.1. The molecule has 5 nitrogen and oxygen atoms in total. The number of benzene rings is 2. The molecule has 0 fully saturated rings. The van der Waals surface area contributed by atoms with Gasteiger partial charge in [0, 0.05) is 5.02 Å². The maximum atomic E-state index is 13.7. The predicted octanol–water partition coefficient (Wildman–Crippen LogP) is 3.45. The smallest absolute Gasteiger partial charge is 0.261 e. The van der Waals surface area contributed by atoms with E-state index in [1.165, 1.54) is 29.5 Å². The van der Waals surface area contributed by atoms with Crippen LogP contribution >= 0.6 is 11.6 Å². The van der Waals surface area contributed by atoms with Crippen molar-refractivity contribution >= 4 is 23.2 Å². The molecule has 8 heteroatoms. The summed E-state index contributed by atoms with van der Waals surface area (Å²) >= 11 is 5.93. The van der Waals surface area contributed by atoms with Crippen molar-refractivity contribution in [3.63, 3.8) is 0 Å². The van der Waals surface area contributed by atoms with Gasteiger partial charge in [-0.1, -0.05) is 17.7 Å². The van der Waals surface area contributed by atoms with Crippen molar-refractivity contribution in [3.05, 3.63) is 71.3 Å². The molecule has 0 aliphatic heterocycles. The Morgan fingerprint density at radius 1 is 1.17 bits per heavy atom. The average molecular weight is 335 g/mol. The fourth-order valence-corrected chi connectivity index (χ4v) is 2.21. The Labute approximate surface area is 134 Å². The molecule has 23 heavy (non-hydrogen) atoms. The lowest BCUT2D eigenvalue weighted by Crippen LogP contribution is -2.17. The summed E-state index contributed by atoms with van der Waals surface area (Å²) in [6.07, 6.45) is 2.74. The van der Waals surface area contributed by atoms with Crippen LogP contribution in [0.2, 0.25) is 5.02 Å². The number of carbonyl (C=O) groups is 1. The quantitative estimate of drug-likeness (QED) is 0.798. The second-order valence-corrected chi connectivity index (χ2v) is 4.99. The number of rotatable bonds is 3. The highest BCUT2D eigenvalue weighted by Crippen LogP contribution is 2.25. The van der Waals surface area contributed by atoms with Gasteiger partial charge in [0.2, 0.25) is 0 Å². The van der Waals surface area contributed by atoms with Gasteiger partial charge in [-0.2, -0.15) is 5.10 Å². The van der Waals surface area contributed by atoms with Crippen LogP contribution in [-0.2, 0) is 0 Å². The van der Waals surface area contributed by atoms with E-state index in [0.29, 0.717) is 10.7 Å². The average Bonchev–Trinajstić information content (AvgIpc) is 3.01. The Bertz CT molecular complexity index is 848. The third-order valence-corrected chi connectivity index (χ3v) is 3.30. The van der Waals surface area contributed by atoms with E-state index >= 15 is 0 Å². The fourth-order valence-electron chi connectivity index (χ4n) is 2.04. The van der Waals surface area contributed by atoms with E-state index in [4.69, 9.17) is 11.6 Å². The molecule has 1 heterocycles. The molecule has 1 aromatic heterocycles. The summed E-state index contributed by atoms with van der Waals surface area (Å²) < 4.78 is 28.8. The molecule has 0 bridgehead atoms. The van der Waals surface area contributed by atoms with Gasteiger partial charge in [-0.25, -0.2) is 18.4 Å². The van der Waals surface area contributed by atoms with Crippen molar-refractivity contribution in [1.29, 1.82) is 0 Å². The van der Waals surface area contributed by atoms with E-state index in [1.54, 1.807) is 12.1 Å². The first-order valence-corrected chi connectivity index (χ1v) is 6.84. The van der Waals surface area contributed by atoms with Gasteiger partial charge in [-0.05, 0) is 30.3 Å². The molecular weight excluding hydrogens is 326 g/mol. The third kappa shape index (κ3) is 3.04. The molecule has 0 saturated heterocycles.